The highest BCUT2D eigenvalue weighted by Gasteiger charge is 2.25. The third-order valence-corrected chi connectivity index (χ3v) is 6.23. The van der Waals surface area contributed by atoms with Crippen molar-refractivity contribution in [3.63, 3.8) is 0 Å². The number of benzene rings is 4. The van der Waals surface area contributed by atoms with E-state index in [0.717, 1.165) is 35.1 Å². The molecule has 0 amide bonds. The van der Waals surface area contributed by atoms with Gasteiger partial charge in [0.2, 0.25) is 0 Å². The van der Waals surface area contributed by atoms with Crippen LogP contribution in [0.4, 0.5) is 0 Å². The summed E-state index contributed by atoms with van der Waals surface area (Å²) in [4.78, 5) is 12.1. The first-order chi connectivity index (χ1) is 16.0. The second kappa shape index (κ2) is 9.74. The van der Waals surface area contributed by atoms with E-state index in [9.17, 15) is 15.0 Å². The van der Waals surface area contributed by atoms with Crippen molar-refractivity contribution in [2.24, 2.45) is 0 Å². The molecule has 4 aromatic rings. The van der Waals surface area contributed by atoms with Crippen LogP contribution in [0, 0.1) is 0 Å². The largest absolute Gasteiger partial charge is 0.507 e. The molecule has 0 radical (unpaired) electrons. The topological polar surface area (TPSA) is 57.5 Å². The van der Waals surface area contributed by atoms with Gasteiger partial charge in [0.05, 0.1) is 0 Å². The minimum absolute atomic E-state index is 0.0910. The Bertz CT molecular complexity index is 1190. The van der Waals surface area contributed by atoms with Gasteiger partial charge in [0.15, 0.2) is 0 Å². The fourth-order valence-electron chi connectivity index (χ4n) is 4.28. The summed E-state index contributed by atoms with van der Waals surface area (Å²) in [6, 6.07) is 29.8. The van der Waals surface area contributed by atoms with Gasteiger partial charge in [-0.3, -0.25) is 0 Å². The maximum absolute atomic E-state index is 12.1. The first-order valence-electron chi connectivity index (χ1n) is 11.3. The molecule has 0 heterocycles. The third kappa shape index (κ3) is 4.68. The zero-order chi connectivity index (χ0) is 23.4. The van der Waals surface area contributed by atoms with Gasteiger partial charge in [0, 0.05) is 11.5 Å². The number of rotatable bonds is 7. The molecule has 0 saturated carbocycles. The molecule has 0 aliphatic rings. The van der Waals surface area contributed by atoms with E-state index in [2.05, 4.69) is 62.4 Å². The summed E-state index contributed by atoms with van der Waals surface area (Å²) in [5.41, 5.74) is 6.64. The van der Waals surface area contributed by atoms with Crippen LogP contribution in [0.5, 0.6) is 5.75 Å². The normalized spacial score (nSPS) is 11.0. The lowest BCUT2D eigenvalue weighted by Crippen LogP contribution is -2.08. The number of carboxylic acid groups (broad SMARTS) is 1. The van der Waals surface area contributed by atoms with Gasteiger partial charge in [0.25, 0.3) is 0 Å². The number of carbonyl (C=O) groups is 1. The van der Waals surface area contributed by atoms with E-state index in [1.807, 2.05) is 36.4 Å². The SMILES string of the molecule is CCc1ccc(C(c2ccc(CC)cc2)c2cc(-c3ccccc3)cc(C(=O)O)c2O)cc1. The minimum atomic E-state index is -1.15. The summed E-state index contributed by atoms with van der Waals surface area (Å²) in [6.07, 6.45) is 1.88. The first kappa shape index (κ1) is 22.3. The van der Waals surface area contributed by atoms with Crippen molar-refractivity contribution in [3.05, 3.63) is 124 Å². The van der Waals surface area contributed by atoms with Gasteiger partial charge in [-0.25, -0.2) is 4.79 Å². The van der Waals surface area contributed by atoms with E-state index < -0.39 is 5.97 Å². The Kier molecular flexibility index (Phi) is 6.60. The van der Waals surface area contributed by atoms with Crippen LogP contribution in [0.25, 0.3) is 11.1 Å². The van der Waals surface area contributed by atoms with E-state index in [4.69, 9.17) is 0 Å². The van der Waals surface area contributed by atoms with E-state index in [-0.39, 0.29) is 17.2 Å². The maximum Gasteiger partial charge on any atom is 0.339 e. The number of aromatic carboxylic acids is 1. The number of hydrogen-bond donors (Lipinski definition) is 2. The summed E-state index contributed by atoms with van der Waals surface area (Å²) in [6.45, 7) is 4.23. The standard InChI is InChI=1S/C30H28O3/c1-3-20-10-14-23(15-11-20)28(24-16-12-21(4-2)13-17-24)26-18-25(22-8-6-5-7-9-22)19-27(29(26)31)30(32)33/h5-19,28,31H,3-4H2,1-2H3,(H,32,33). The molecule has 0 aromatic heterocycles. The molecule has 4 rings (SSSR count). The summed E-state index contributed by atoms with van der Waals surface area (Å²) in [5.74, 6) is -1.64. The molecule has 0 aliphatic heterocycles. The fraction of sp³-hybridized carbons (Fsp3) is 0.167. The second-order valence-corrected chi connectivity index (χ2v) is 8.26. The predicted molar refractivity (Wildman–Crippen MR) is 133 cm³/mol. The van der Waals surface area contributed by atoms with Crippen LogP contribution in [0.15, 0.2) is 91.0 Å². The van der Waals surface area contributed by atoms with Crippen LogP contribution in [0.1, 0.15) is 57.9 Å². The van der Waals surface area contributed by atoms with Crippen LogP contribution in [-0.2, 0) is 12.8 Å². The fourth-order valence-corrected chi connectivity index (χ4v) is 4.28. The summed E-state index contributed by atoms with van der Waals surface area (Å²) < 4.78 is 0. The van der Waals surface area contributed by atoms with Crippen LogP contribution >= 0.6 is 0 Å². The summed E-state index contributed by atoms with van der Waals surface area (Å²) in [7, 11) is 0. The van der Waals surface area contributed by atoms with Crippen molar-refractivity contribution in [1.82, 2.24) is 0 Å². The Hall–Kier alpha value is -3.85. The van der Waals surface area contributed by atoms with E-state index >= 15 is 0 Å². The van der Waals surface area contributed by atoms with Gasteiger partial charge in [-0.05, 0) is 58.4 Å². The zero-order valence-corrected chi connectivity index (χ0v) is 19.0. The molecule has 33 heavy (non-hydrogen) atoms. The van der Waals surface area contributed by atoms with Gasteiger partial charge in [-0.2, -0.15) is 0 Å². The average molecular weight is 437 g/mol. The quantitative estimate of drug-likeness (QED) is 0.305. The highest BCUT2D eigenvalue weighted by atomic mass is 16.4. The molecular weight excluding hydrogens is 408 g/mol. The molecule has 166 valence electrons. The van der Waals surface area contributed by atoms with Crippen molar-refractivity contribution in [2.75, 3.05) is 0 Å². The van der Waals surface area contributed by atoms with E-state index in [0.29, 0.717) is 5.56 Å². The molecule has 0 saturated heterocycles. The molecule has 4 aromatic carbocycles. The van der Waals surface area contributed by atoms with Crippen LogP contribution in [0.3, 0.4) is 0 Å². The van der Waals surface area contributed by atoms with Crippen LogP contribution < -0.4 is 0 Å². The van der Waals surface area contributed by atoms with Crippen molar-refractivity contribution < 1.29 is 15.0 Å². The number of aromatic hydroxyl groups is 1. The summed E-state index contributed by atoms with van der Waals surface area (Å²) in [5, 5.41) is 21.0. The Labute approximate surface area is 195 Å². The predicted octanol–water partition coefficient (Wildman–Crippen LogP) is 7.06. The van der Waals surface area contributed by atoms with Gasteiger partial charge in [-0.15, -0.1) is 0 Å². The lowest BCUT2D eigenvalue weighted by atomic mass is 9.82. The lowest BCUT2D eigenvalue weighted by molar-refractivity contribution is 0.0693. The van der Waals surface area contributed by atoms with Crippen molar-refractivity contribution >= 4 is 5.97 Å². The molecule has 0 atom stereocenters. The number of carboxylic acids is 1. The van der Waals surface area contributed by atoms with Gasteiger partial charge < -0.3 is 10.2 Å². The van der Waals surface area contributed by atoms with E-state index in [1.54, 1.807) is 6.07 Å². The molecule has 2 N–H and O–H groups in total. The number of hydrogen-bond acceptors (Lipinski definition) is 2. The molecule has 0 unspecified atom stereocenters. The second-order valence-electron chi connectivity index (χ2n) is 8.26. The Morgan fingerprint density at radius 2 is 1.24 bits per heavy atom. The highest BCUT2D eigenvalue weighted by molar-refractivity contribution is 5.93. The minimum Gasteiger partial charge on any atom is -0.507 e. The first-order valence-corrected chi connectivity index (χ1v) is 11.3. The smallest absolute Gasteiger partial charge is 0.339 e. The molecule has 0 aliphatic carbocycles. The molecule has 3 heteroatoms. The Balaban J connectivity index is 1.96. The molecular formula is C30H28O3. The van der Waals surface area contributed by atoms with Crippen molar-refractivity contribution in [2.45, 2.75) is 32.6 Å². The maximum atomic E-state index is 12.1. The Morgan fingerprint density at radius 3 is 1.70 bits per heavy atom. The van der Waals surface area contributed by atoms with Crippen molar-refractivity contribution in [1.29, 1.82) is 0 Å². The Morgan fingerprint density at radius 1 is 0.727 bits per heavy atom. The van der Waals surface area contributed by atoms with Crippen LogP contribution in [-0.4, -0.2) is 16.2 Å². The number of aryl methyl sites for hydroxylation is 2. The van der Waals surface area contributed by atoms with Crippen molar-refractivity contribution in [3.8, 4) is 16.9 Å². The van der Waals surface area contributed by atoms with Gasteiger partial charge >= 0.3 is 5.97 Å². The van der Waals surface area contributed by atoms with Gasteiger partial charge in [-0.1, -0.05) is 92.7 Å². The lowest BCUT2D eigenvalue weighted by Gasteiger charge is -2.22. The number of phenols is 1. The molecule has 0 fully saturated rings. The molecule has 3 nitrogen and oxygen atoms in total. The summed E-state index contributed by atoms with van der Waals surface area (Å²) >= 11 is 0. The average Bonchev–Trinajstić information content (AvgIpc) is 2.86. The zero-order valence-electron chi connectivity index (χ0n) is 19.0. The highest BCUT2D eigenvalue weighted by Crippen LogP contribution is 2.41. The van der Waals surface area contributed by atoms with Crippen LogP contribution in [0.2, 0.25) is 0 Å². The third-order valence-electron chi connectivity index (χ3n) is 6.23. The monoisotopic (exact) mass is 436 g/mol. The molecule has 0 spiro atoms. The van der Waals surface area contributed by atoms with E-state index in [1.165, 1.54) is 11.1 Å². The van der Waals surface area contributed by atoms with Gasteiger partial charge in [0.1, 0.15) is 11.3 Å². The molecule has 0 bridgehead atoms.